The van der Waals surface area contributed by atoms with Crippen molar-refractivity contribution in [3.63, 3.8) is 0 Å². The van der Waals surface area contributed by atoms with Crippen LogP contribution < -0.4 is 0 Å². The molecule has 0 amide bonds. The quantitative estimate of drug-likeness (QED) is 0.801. The van der Waals surface area contributed by atoms with Gasteiger partial charge in [0.15, 0.2) is 5.82 Å². The molecule has 104 valence electrons. The summed E-state index contributed by atoms with van der Waals surface area (Å²) >= 11 is 1.73. The fraction of sp³-hybridized carbons (Fsp3) is 0.385. The Morgan fingerprint density at radius 2 is 2.25 bits per heavy atom. The molecule has 0 spiro atoms. The second-order valence-electron chi connectivity index (χ2n) is 4.64. The van der Waals surface area contributed by atoms with Gasteiger partial charge in [-0.3, -0.25) is 0 Å². The Kier molecular flexibility index (Phi) is 3.35. The first-order valence-electron chi connectivity index (χ1n) is 6.54. The van der Waals surface area contributed by atoms with Crippen molar-refractivity contribution in [3.05, 3.63) is 34.2 Å². The van der Waals surface area contributed by atoms with Crippen molar-refractivity contribution in [2.24, 2.45) is 0 Å². The molecule has 1 unspecified atom stereocenters. The van der Waals surface area contributed by atoms with Crippen molar-refractivity contribution in [1.29, 1.82) is 0 Å². The van der Waals surface area contributed by atoms with Crippen LogP contribution in [0.2, 0.25) is 0 Å². The van der Waals surface area contributed by atoms with Crippen molar-refractivity contribution in [2.75, 3.05) is 0 Å². The summed E-state index contributed by atoms with van der Waals surface area (Å²) in [4.78, 5) is 13.1. The number of aromatic nitrogens is 6. The predicted molar refractivity (Wildman–Crippen MR) is 77.6 cm³/mol. The monoisotopic (exact) mass is 288 g/mol. The van der Waals surface area contributed by atoms with Gasteiger partial charge in [0.25, 0.3) is 0 Å². The number of hydrogen-bond donors (Lipinski definition) is 1. The highest BCUT2D eigenvalue weighted by atomic mass is 32.1. The molecule has 0 radical (unpaired) electrons. The van der Waals surface area contributed by atoms with E-state index in [-0.39, 0.29) is 6.04 Å². The minimum absolute atomic E-state index is 0.128. The van der Waals surface area contributed by atoms with E-state index in [0.717, 1.165) is 28.6 Å². The maximum Gasteiger partial charge on any atom is 0.159 e. The zero-order valence-electron chi connectivity index (χ0n) is 11.7. The number of aromatic amines is 1. The molecule has 3 aromatic heterocycles. The molecule has 0 aliphatic carbocycles. The van der Waals surface area contributed by atoms with Crippen LogP contribution in [0.5, 0.6) is 0 Å². The van der Waals surface area contributed by atoms with Crippen LogP contribution in [-0.2, 0) is 0 Å². The van der Waals surface area contributed by atoms with Gasteiger partial charge in [0.2, 0.25) is 0 Å². The first-order valence-corrected chi connectivity index (χ1v) is 7.36. The van der Waals surface area contributed by atoms with Crippen LogP contribution in [-0.4, -0.2) is 29.9 Å². The van der Waals surface area contributed by atoms with E-state index in [9.17, 15) is 0 Å². The molecule has 1 N–H and O–H groups in total. The van der Waals surface area contributed by atoms with E-state index in [1.54, 1.807) is 23.7 Å². The summed E-state index contributed by atoms with van der Waals surface area (Å²) in [7, 11) is 0. The largest absolute Gasteiger partial charge is 0.343 e. The molecule has 3 heterocycles. The van der Waals surface area contributed by atoms with E-state index in [4.69, 9.17) is 0 Å². The number of imidazole rings is 1. The third kappa shape index (κ3) is 2.24. The molecular formula is C13H16N6S. The van der Waals surface area contributed by atoms with Crippen LogP contribution in [0.3, 0.4) is 0 Å². The molecule has 3 aromatic rings. The Balaban J connectivity index is 1.94. The molecule has 0 saturated heterocycles. The summed E-state index contributed by atoms with van der Waals surface area (Å²) in [6, 6.07) is 0.128. The zero-order valence-corrected chi connectivity index (χ0v) is 12.5. The standard InChI is InChI=1S/C13H16N6S/c1-4-11(13-16-8(2)9(3)20-13)19-7-10(17-18-19)12-14-5-6-15-12/h5-7,11H,4H2,1-3H3,(H,14,15). The molecule has 0 fully saturated rings. The lowest BCUT2D eigenvalue weighted by molar-refractivity contribution is 0.491. The summed E-state index contributed by atoms with van der Waals surface area (Å²) in [6.45, 7) is 6.27. The maximum absolute atomic E-state index is 4.64. The molecule has 20 heavy (non-hydrogen) atoms. The lowest BCUT2D eigenvalue weighted by atomic mass is 10.2. The van der Waals surface area contributed by atoms with Crippen molar-refractivity contribution in [3.8, 4) is 11.5 Å². The molecule has 6 nitrogen and oxygen atoms in total. The molecule has 0 aromatic carbocycles. The van der Waals surface area contributed by atoms with Gasteiger partial charge in [-0.15, -0.1) is 16.4 Å². The molecule has 1 atom stereocenters. The Morgan fingerprint density at radius 1 is 1.40 bits per heavy atom. The van der Waals surface area contributed by atoms with E-state index < -0.39 is 0 Å². The van der Waals surface area contributed by atoms with Crippen molar-refractivity contribution in [1.82, 2.24) is 29.9 Å². The van der Waals surface area contributed by atoms with Crippen LogP contribution in [0.25, 0.3) is 11.5 Å². The highest BCUT2D eigenvalue weighted by molar-refractivity contribution is 7.11. The molecule has 7 heteroatoms. The first-order chi connectivity index (χ1) is 9.69. The van der Waals surface area contributed by atoms with Gasteiger partial charge in [-0.2, -0.15) is 0 Å². The van der Waals surface area contributed by atoms with E-state index in [1.165, 1.54) is 4.88 Å². The van der Waals surface area contributed by atoms with E-state index >= 15 is 0 Å². The molecule has 0 bridgehead atoms. The average molecular weight is 288 g/mol. The Labute approximate surface area is 120 Å². The number of nitrogens with one attached hydrogen (secondary N) is 1. The number of thiazole rings is 1. The van der Waals surface area contributed by atoms with E-state index in [0.29, 0.717) is 0 Å². The van der Waals surface area contributed by atoms with Crippen LogP contribution in [0.15, 0.2) is 18.6 Å². The van der Waals surface area contributed by atoms with Crippen LogP contribution in [0.4, 0.5) is 0 Å². The minimum atomic E-state index is 0.128. The van der Waals surface area contributed by atoms with Crippen LogP contribution in [0, 0.1) is 13.8 Å². The molecule has 0 aliphatic heterocycles. The molecular weight excluding hydrogens is 272 g/mol. The van der Waals surface area contributed by atoms with Crippen molar-refractivity contribution in [2.45, 2.75) is 33.2 Å². The highest BCUT2D eigenvalue weighted by Crippen LogP contribution is 2.28. The van der Waals surface area contributed by atoms with Crippen molar-refractivity contribution < 1.29 is 0 Å². The summed E-state index contributed by atoms with van der Waals surface area (Å²) < 4.78 is 1.87. The third-order valence-electron chi connectivity index (χ3n) is 3.29. The smallest absolute Gasteiger partial charge is 0.159 e. The normalized spacial score (nSPS) is 12.8. The second-order valence-corrected chi connectivity index (χ2v) is 5.87. The van der Waals surface area contributed by atoms with Gasteiger partial charge >= 0.3 is 0 Å². The van der Waals surface area contributed by atoms with Gasteiger partial charge in [-0.1, -0.05) is 12.1 Å². The SMILES string of the molecule is CCC(c1nc(C)c(C)s1)n1cc(-c2ncc[nH]2)nn1. The first kappa shape index (κ1) is 13.0. The Bertz CT molecular complexity index is 677. The fourth-order valence-electron chi connectivity index (χ4n) is 2.06. The number of nitrogens with zero attached hydrogens (tertiary/aromatic N) is 5. The van der Waals surface area contributed by atoms with E-state index in [1.807, 2.05) is 17.8 Å². The van der Waals surface area contributed by atoms with Gasteiger partial charge in [0.05, 0.1) is 11.9 Å². The number of rotatable bonds is 4. The Morgan fingerprint density at radius 3 is 2.85 bits per heavy atom. The van der Waals surface area contributed by atoms with Gasteiger partial charge in [0, 0.05) is 17.3 Å². The van der Waals surface area contributed by atoms with Crippen molar-refractivity contribution >= 4 is 11.3 Å². The van der Waals surface area contributed by atoms with Crippen LogP contribution >= 0.6 is 11.3 Å². The minimum Gasteiger partial charge on any atom is -0.343 e. The van der Waals surface area contributed by atoms with Gasteiger partial charge in [-0.25, -0.2) is 14.6 Å². The topological polar surface area (TPSA) is 72.3 Å². The number of aryl methyl sites for hydroxylation is 2. The van der Waals surface area contributed by atoms with Gasteiger partial charge < -0.3 is 4.98 Å². The summed E-state index contributed by atoms with van der Waals surface area (Å²) in [5.74, 6) is 0.734. The van der Waals surface area contributed by atoms with E-state index in [2.05, 4.69) is 39.1 Å². The maximum atomic E-state index is 4.64. The highest BCUT2D eigenvalue weighted by Gasteiger charge is 2.19. The fourth-order valence-corrected chi connectivity index (χ4v) is 3.16. The van der Waals surface area contributed by atoms with Crippen LogP contribution in [0.1, 0.15) is 35.0 Å². The third-order valence-corrected chi connectivity index (χ3v) is 4.46. The summed E-state index contributed by atoms with van der Waals surface area (Å²) in [5.41, 5.74) is 1.84. The lowest BCUT2D eigenvalue weighted by Crippen LogP contribution is -2.10. The lowest BCUT2D eigenvalue weighted by Gasteiger charge is -2.11. The van der Waals surface area contributed by atoms with Gasteiger partial charge in [-0.05, 0) is 20.3 Å². The second kappa shape index (κ2) is 5.16. The number of hydrogen-bond acceptors (Lipinski definition) is 5. The molecule has 0 saturated carbocycles. The Hall–Kier alpha value is -2.02. The summed E-state index contributed by atoms with van der Waals surface area (Å²) in [6.07, 6.45) is 6.32. The number of H-pyrrole nitrogens is 1. The zero-order chi connectivity index (χ0) is 14.1. The summed E-state index contributed by atoms with van der Waals surface area (Å²) in [5, 5.41) is 9.49. The predicted octanol–water partition coefficient (Wildman–Crippen LogP) is 2.74. The van der Waals surface area contributed by atoms with Gasteiger partial charge in [0.1, 0.15) is 16.7 Å². The molecule has 0 aliphatic rings. The average Bonchev–Trinajstić information content (AvgIpc) is 3.13. The molecule has 3 rings (SSSR count).